The lowest BCUT2D eigenvalue weighted by molar-refractivity contribution is -0.143. The van der Waals surface area contributed by atoms with E-state index in [1.807, 2.05) is 24.3 Å². The fourth-order valence-corrected chi connectivity index (χ4v) is 4.64. The second kappa shape index (κ2) is 11.7. The van der Waals surface area contributed by atoms with Crippen LogP contribution in [0.2, 0.25) is 5.02 Å². The van der Waals surface area contributed by atoms with E-state index >= 15 is 0 Å². The average molecular weight is 502 g/mol. The molecular formula is C25H29ClFN5O3. The van der Waals surface area contributed by atoms with Crippen molar-refractivity contribution in [3.8, 4) is 11.1 Å². The highest BCUT2D eigenvalue weighted by Gasteiger charge is 2.31. The van der Waals surface area contributed by atoms with Crippen molar-refractivity contribution in [2.75, 3.05) is 26.2 Å². The zero-order chi connectivity index (χ0) is 24.8. The minimum Gasteiger partial charge on any atom is -0.481 e. The Labute approximate surface area is 208 Å². The number of aromatic nitrogens is 3. The number of carboxylic acid groups (broad SMARTS) is 1. The molecule has 1 aliphatic heterocycles. The third-order valence-corrected chi connectivity index (χ3v) is 6.64. The molecule has 2 atom stereocenters. The van der Waals surface area contributed by atoms with Crippen LogP contribution < -0.4 is 5.32 Å². The number of aliphatic hydroxyl groups is 1. The van der Waals surface area contributed by atoms with Crippen LogP contribution in [0.4, 0.5) is 4.39 Å². The maximum absolute atomic E-state index is 14.2. The quantitative estimate of drug-likeness (QED) is 0.301. The summed E-state index contributed by atoms with van der Waals surface area (Å²) in [6.07, 6.45) is 2.65. The number of carbonyl (C=O) groups is 1. The smallest absolute Gasteiger partial charge is 0.307 e. The van der Waals surface area contributed by atoms with E-state index < -0.39 is 11.9 Å². The SMILES string of the molecule is O=C(O)[C@@H](C[C@@H](Cc1ccc(-c2cc(Cl)ccc2F)cc1)NCc1cn[nH]n1)CN1CC(CO)C1. The summed E-state index contributed by atoms with van der Waals surface area (Å²) in [5.74, 6) is -1.50. The van der Waals surface area contributed by atoms with Crippen molar-refractivity contribution in [3.05, 3.63) is 70.8 Å². The third kappa shape index (κ3) is 6.85. The van der Waals surface area contributed by atoms with Crippen molar-refractivity contribution >= 4 is 17.6 Å². The van der Waals surface area contributed by atoms with E-state index in [1.54, 1.807) is 12.3 Å². The highest BCUT2D eigenvalue weighted by atomic mass is 35.5. The van der Waals surface area contributed by atoms with E-state index in [1.165, 1.54) is 12.1 Å². The summed E-state index contributed by atoms with van der Waals surface area (Å²) in [5.41, 5.74) is 2.90. The summed E-state index contributed by atoms with van der Waals surface area (Å²) in [7, 11) is 0. The van der Waals surface area contributed by atoms with Crippen molar-refractivity contribution in [1.82, 2.24) is 25.6 Å². The predicted octanol–water partition coefficient (Wildman–Crippen LogP) is 2.98. The lowest BCUT2D eigenvalue weighted by atomic mass is 9.91. The van der Waals surface area contributed by atoms with Crippen LogP contribution in [0.3, 0.4) is 0 Å². The van der Waals surface area contributed by atoms with Crippen molar-refractivity contribution in [3.63, 3.8) is 0 Å². The van der Waals surface area contributed by atoms with Crippen LogP contribution in [0.5, 0.6) is 0 Å². The molecule has 4 N–H and O–H groups in total. The van der Waals surface area contributed by atoms with Gasteiger partial charge in [-0.3, -0.25) is 4.79 Å². The van der Waals surface area contributed by atoms with Gasteiger partial charge >= 0.3 is 5.97 Å². The number of benzene rings is 2. The van der Waals surface area contributed by atoms with Gasteiger partial charge in [-0.2, -0.15) is 15.4 Å². The summed E-state index contributed by atoms with van der Waals surface area (Å²) < 4.78 is 14.2. The molecule has 0 saturated carbocycles. The van der Waals surface area contributed by atoms with Crippen LogP contribution in [0, 0.1) is 17.7 Å². The number of likely N-dealkylation sites (tertiary alicyclic amines) is 1. The second-order valence-electron chi connectivity index (χ2n) is 9.10. The van der Waals surface area contributed by atoms with Crippen molar-refractivity contribution < 1.29 is 19.4 Å². The average Bonchev–Trinajstić information content (AvgIpc) is 3.34. The van der Waals surface area contributed by atoms with Gasteiger partial charge in [-0.15, -0.1) is 0 Å². The largest absolute Gasteiger partial charge is 0.481 e. The second-order valence-corrected chi connectivity index (χ2v) is 9.54. The van der Waals surface area contributed by atoms with Crippen LogP contribution in [0.1, 0.15) is 17.7 Å². The Hall–Kier alpha value is -2.85. The first-order valence-electron chi connectivity index (χ1n) is 11.6. The number of hydrogen-bond donors (Lipinski definition) is 4. The van der Waals surface area contributed by atoms with E-state index in [2.05, 4.69) is 25.6 Å². The fraction of sp³-hybridized carbons (Fsp3) is 0.400. The number of aromatic amines is 1. The summed E-state index contributed by atoms with van der Waals surface area (Å²) in [6.45, 7) is 2.47. The molecule has 0 aliphatic carbocycles. The van der Waals surface area contributed by atoms with E-state index in [4.69, 9.17) is 11.6 Å². The van der Waals surface area contributed by atoms with E-state index in [-0.39, 0.29) is 24.4 Å². The monoisotopic (exact) mass is 501 g/mol. The van der Waals surface area contributed by atoms with Gasteiger partial charge in [0.2, 0.25) is 0 Å². The van der Waals surface area contributed by atoms with Crippen molar-refractivity contribution in [2.24, 2.45) is 11.8 Å². The first kappa shape index (κ1) is 25.2. The Bertz CT molecular complexity index is 1110. The first-order chi connectivity index (χ1) is 16.9. The van der Waals surface area contributed by atoms with Gasteiger partial charge in [0.05, 0.1) is 17.8 Å². The lowest BCUT2D eigenvalue weighted by Crippen LogP contribution is -2.51. The van der Waals surface area contributed by atoms with Crippen LogP contribution in [-0.4, -0.2) is 68.8 Å². The maximum Gasteiger partial charge on any atom is 0.307 e. The number of rotatable bonds is 12. The number of aliphatic hydroxyl groups excluding tert-OH is 1. The zero-order valence-corrected chi connectivity index (χ0v) is 20.0. The number of hydrogen-bond acceptors (Lipinski definition) is 6. The zero-order valence-electron chi connectivity index (χ0n) is 19.2. The van der Waals surface area contributed by atoms with Gasteiger partial charge in [0.25, 0.3) is 0 Å². The maximum atomic E-state index is 14.2. The predicted molar refractivity (Wildman–Crippen MR) is 130 cm³/mol. The summed E-state index contributed by atoms with van der Waals surface area (Å²) in [6, 6.07) is 11.9. The number of nitrogens with zero attached hydrogens (tertiary/aromatic N) is 3. The molecule has 2 aromatic carbocycles. The Morgan fingerprint density at radius 3 is 2.69 bits per heavy atom. The van der Waals surface area contributed by atoms with Crippen LogP contribution in [-0.2, 0) is 17.8 Å². The van der Waals surface area contributed by atoms with Gasteiger partial charge in [0, 0.05) is 55.3 Å². The van der Waals surface area contributed by atoms with Crippen molar-refractivity contribution in [1.29, 1.82) is 0 Å². The molecule has 0 unspecified atom stereocenters. The number of aliphatic carboxylic acids is 1. The molecule has 4 rings (SSSR count). The van der Waals surface area contributed by atoms with Crippen LogP contribution in [0.15, 0.2) is 48.7 Å². The van der Waals surface area contributed by atoms with Gasteiger partial charge in [-0.05, 0) is 42.2 Å². The third-order valence-electron chi connectivity index (χ3n) is 6.40. The van der Waals surface area contributed by atoms with E-state index in [9.17, 15) is 19.4 Å². The number of H-pyrrole nitrogens is 1. The minimum absolute atomic E-state index is 0.128. The normalized spacial score (nSPS) is 16.1. The number of nitrogens with one attached hydrogen (secondary N) is 2. The minimum atomic E-state index is -0.836. The Morgan fingerprint density at radius 2 is 2.03 bits per heavy atom. The van der Waals surface area contributed by atoms with Gasteiger partial charge in [-0.25, -0.2) is 4.39 Å². The molecule has 8 nitrogen and oxygen atoms in total. The summed E-state index contributed by atoms with van der Waals surface area (Å²) in [5, 5.41) is 33.5. The van der Waals surface area contributed by atoms with Gasteiger partial charge in [0.1, 0.15) is 5.82 Å². The molecule has 0 amide bonds. The Kier molecular flexibility index (Phi) is 8.46. The molecule has 1 aliphatic rings. The molecule has 0 spiro atoms. The highest BCUT2D eigenvalue weighted by molar-refractivity contribution is 6.30. The molecule has 35 heavy (non-hydrogen) atoms. The van der Waals surface area contributed by atoms with E-state index in [0.29, 0.717) is 36.5 Å². The molecular weight excluding hydrogens is 473 g/mol. The molecule has 1 aromatic heterocycles. The van der Waals surface area contributed by atoms with E-state index in [0.717, 1.165) is 29.9 Å². The number of halogens is 2. The van der Waals surface area contributed by atoms with Crippen molar-refractivity contribution in [2.45, 2.75) is 25.4 Å². The Balaban J connectivity index is 1.45. The molecule has 3 aromatic rings. The summed E-state index contributed by atoms with van der Waals surface area (Å²) in [4.78, 5) is 14.1. The number of carboxylic acids is 1. The van der Waals surface area contributed by atoms with Gasteiger partial charge in [-0.1, -0.05) is 35.9 Å². The Morgan fingerprint density at radius 1 is 1.26 bits per heavy atom. The highest BCUT2D eigenvalue weighted by Crippen LogP contribution is 2.27. The molecule has 10 heteroatoms. The first-order valence-corrected chi connectivity index (χ1v) is 12.0. The van der Waals surface area contributed by atoms with Crippen LogP contribution in [0.25, 0.3) is 11.1 Å². The lowest BCUT2D eigenvalue weighted by Gasteiger charge is -2.40. The molecule has 0 radical (unpaired) electrons. The van der Waals surface area contributed by atoms with Gasteiger partial charge in [0.15, 0.2) is 0 Å². The van der Waals surface area contributed by atoms with Gasteiger partial charge < -0.3 is 20.4 Å². The molecule has 0 bridgehead atoms. The summed E-state index contributed by atoms with van der Waals surface area (Å²) >= 11 is 6.03. The molecule has 1 saturated heterocycles. The molecule has 1 fully saturated rings. The standard InChI is InChI=1S/C25H29ClFN5O3/c26-20-5-6-24(27)23(9-20)18-3-1-16(2-4-18)7-21(28-10-22-11-29-31-30-22)8-19(25(34)35)14-32-12-17(13-32)15-33/h1-6,9,11,17,19,21,28,33H,7-8,10,12-15H2,(H,34,35)(H,29,30,31)/t19-,21+/m0/s1. The molecule has 186 valence electrons. The fourth-order valence-electron chi connectivity index (χ4n) is 4.47. The van der Waals surface area contributed by atoms with Crippen LogP contribution >= 0.6 is 11.6 Å². The molecule has 2 heterocycles. The topological polar surface area (TPSA) is 114 Å².